The molecular weight excluding hydrogens is 391 g/mol. The summed E-state index contributed by atoms with van der Waals surface area (Å²) in [4.78, 5) is 12.2. The Kier molecular flexibility index (Phi) is 4.68. The van der Waals surface area contributed by atoms with Gasteiger partial charge >= 0.3 is 12.1 Å². The van der Waals surface area contributed by atoms with Crippen LogP contribution in [0, 0.1) is 40.4 Å². The Morgan fingerprint density at radius 2 is 1.62 bits per heavy atom. The van der Waals surface area contributed by atoms with E-state index in [-0.39, 0.29) is 41.3 Å². The van der Waals surface area contributed by atoms with E-state index in [9.17, 15) is 31.9 Å². The van der Waals surface area contributed by atoms with Crippen LogP contribution in [0.4, 0.5) is 22.0 Å². The molecule has 2 nitrogen and oxygen atoms in total. The van der Waals surface area contributed by atoms with E-state index in [0.717, 1.165) is 19.1 Å². The van der Waals surface area contributed by atoms with E-state index in [0.29, 0.717) is 37.7 Å². The van der Waals surface area contributed by atoms with Crippen LogP contribution in [0.15, 0.2) is 11.8 Å². The molecule has 0 aromatic heterocycles. The third kappa shape index (κ3) is 2.81. The van der Waals surface area contributed by atoms with Crippen molar-refractivity contribution in [3.8, 4) is 0 Å². The Bertz CT molecular complexity index is 729. The van der Waals surface area contributed by atoms with Gasteiger partial charge < -0.3 is 5.11 Å². The van der Waals surface area contributed by atoms with E-state index in [1.54, 1.807) is 6.92 Å². The van der Waals surface area contributed by atoms with Gasteiger partial charge in [0.1, 0.15) is 0 Å². The summed E-state index contributed by atoms with van der Waals surface area (Å²) in [5.41, 5.74) is -0.799. The Morgan fingerprint density at radius 3 is 2.24 bits per heavy atom. The molecule has 0 aromatic rings. The fourth-order valence-corrected chi connectivity index (χ4v) is 7.92. The average Bonchev–Trinajstić information content (AvgIpc) is 2.98. The molecule has 4 aliphatic carbocycles. The molecule has 7 atom stereocenters. The topological polar surface area (TPSA) is 37.3 Å². The van der Waals surface area contributed by atoms with Gasteiger partial charge in [0, 0.05) is 17.9 Å². The summed E-state index contributed by atoms with van der Waals surface area (Å²) in [6.45, 7) is 3.78. The number of carbonyl (C=O) groups is 1. The first-order valence-electron chi connectivity index (χ1n) is 10.7. The summed E-state index contributed by atoms with van der Waals surface area (Å²) in [5.74, 6) is -5.99. The third-order valence-electron chi connectivity index (χ3n) is 9.40. The van der Waals surface area contributed by atoms with Gasteiger partial charge in [0.2, 0.25) is 0 Å². The van der Waals surface area contributed by atoms with E-state index in [2.05, 4.69) is 6.92 Å². The molecule has 0 aromatic carbocycles. The summed E-state index contributed by atoms with van der Waals surface area (Å²) in [5, 5.41) is 9.48. The molecule has 1 N–H and O–H groups in total. The van der Waals surface area contributed by atoms with Crippen molar-refractivity contribution in [2.24, 2.45) is 40.4 Å². The van der Waals surface area contributed by atoms with Crippen molar-refractivity contribution in [1.29, 1.82) is 0 Å². The van der Waals surface area contributed by atoms with E-state index in [4.69, 9.17) is 0 Å². The first-order valence-corrected chi connectivity index (χ1v) is 10.7. The molecule has 29 heavy (non-hydrogen) atoms. The highest BCUT2D eigenvalue weighted by Gasteiger charge is 2.71. The number of aliphatic hydroxyl groups excluding tert-OH is 1. The number of fused-ring (bicyclic) bond motifs is 5. The van der Waals surface area contributed by atoms with Gasteiger partial charge in [-0.15, -0.1) is 0 Å². The molecule has 0 aliphatic heterocycles. The summed E-state index contributed by atoms with van der Waals surface area (Å²) in [7, 11) is 0. The number of hydrogen-bond acceptors (Lipinski definition) is 2. The van der Waals surface area contributed by atoms with E-state index < -0.39 is 23.4 Å². The second-order valence-corrected chi connectivity index (χ2v) is 10.4. The molecule has 0 heterocycles. The van der Waals surface area contributed by atoms with Gasteiger partial charge in [0.15, 0.2) is 5.78 Å². The molecule has 4 rings (SSSR count). The van der Waals surface area contributed by atoms with Gasteiger partial charge in [-0.3, -0.25) is 4.79 Å². The standard InChI is InChI=1S/C22H29F5O2/c1-19-8-7-16-14(15(19)5-6-18(19)21(23,24)22(25,26)27)4-3-13-9-17(29)12(11-28)10-20(13,16)2/h11,13-16,18,28H,3-10H2,1-2H3/t13?,14-,15-,16+,18?,19-,20-/m0/s1. The van der Waals surface area contributed by atoms with Crippen LogP contribution < -0.4 is 0 Å². The summed E-state index contributed by atoms with van der Waals surface area (Å²) in [6, 6.07) is 0. The lowest BCUT2D eigenvalue weighted by Crippen LogP contribution is -2.56. The Hall–Kier alpha value is -1.14. The van der Waals surface area contributed by atoms with E-state index in [1.807, 2.05) is 0 Å². The summed E-state index contributed by atoms with van der Waals surface area (Å²) in [6.07, 6.45) is -0.853. The van der Waals surface area contributed by atoms with Crippen molar-refractivity contribution in [2.45, 2.75) is 77.3 Å². The Balaban J connectivity index is 1.64. The first kappa shape index (κ1) is 21.1. The molecule has 4 fully saturated rings. The number of halogens is 5. The quantitative estimate of drug-likeness (QED) is 0.300. The Morgan fingerprint density at radius 1 is 0.966 bits per heavy atom. The van der Waals surface area contributed by atoms with E-state index in [1.165, 1.54) is 0 Å². The van der Waals surface area contributed by atoms with Crippen LogP contribution >= 0.6 is 0 Å². The van der Waals surface area contributed by atoms with Crippen LogP contribution in [0.1, 0.15) is 65.2 Å². The van der Waals surface area contributed by atoms with Crippen molar-refractivity contribution in [3.63, 3.8) is 0 Å². The molecule has 0 saturated heterocycles. The predicted molar refractivity (Wildman–Crippen MR) is 97.3 cm³/mol. The lowest BCUT2D eigenvalue weighted by Gasteiger charge is -2.60. The highest BCUT2D eigenvalue weighted by Crippen LogP contribution is 2.70. The highest BCUT2D eigenvalue weighted by atomic mass is 19.4. The molecule has 4 aliphatic rings. The fraction of sp³-hybridized carbons (Fsp3) is 0.864. The van der Waals surface area contributed by atoms with Gasteiger partial charge in [0.25, 0.3) is 0 Å². The molecule has 0 radical (unpaired) electrons. The van der Waals surface area contributed by atoms with Gasteiger partial charge in [0.05, 0.1) is 6.26 Å². The predicted octanol–water partition coefficient (Wildman–Crippen LogP) is 6.46. The smallest absolute Gasteiger partial charge is 0.453 e. The number of allylic oxidation sites excluding steroid dienone is 1. The zero-order chi connectivity index (χ0) is 21.4. The Labute approximate surface area is 167 Å². The minimum absolute atomic E-state index is 0.0279. The molecule has 2 unspecified atom stereocenters. The van der Waals surface area contributed by atoms with Crippen LogP contribution in [0.5, 0.6) is 0 Å². The number of rotatable bonds is 1. The zero-order valence-electron chi connectivity index (χ0n) is 16.9. The van der Waals surface area contributed by atoms with Gasteiger partial charge in [-0.1, -0.05) is 13.8 Å². The van der Waals surface area contributed by atoms with Crippen LogP contribution in [-0.2, 0) is 4.79 Å². The maximum Gasteiger partial charge on any atom is 0.453 e. The molecule has 0 amide bonds. The number of aliphatic hydroxyl groups is 1. The second kappa shape index (κ2) is 6.43. The van der Waals surface area contributed by atoms with Crippen molar-refractivity contribution in [1.82, 2.24) is 0 Å². The van der Waals surface area contributed by atoms with Crippen molar-refractivity contribution < 1.29 is 31.9 Å². The summed E-state index contributed by atoms with van der Waals surface area (Å²) >= 11 is 0. The lowest BCUT2D eigenvalue weighted by molar-refractivity contribution is -0.316. The second-order valence-electron chi connectivity index (χ2n) is 10.4. The number of ketones is 1. The molecule has 0 bridgehead atoms. The molecule has 4 saturated carbocycles. The van der Waals surface area contributed by atoms with Gasteiger partial charge in [-0.2, -0.15) is 22.0 Å². The van der Waals surface area contributed by atoms with Crippen molar-refractivity contribution in [2.75, 3.05) is 0 Å². The molecule has 0 spiro atoms. The van der Waals surface area contributed by atoms with Gasteiger partial charge in [-0.25, -0.2) is 0 Å². The van der Waals surface area contributed by atoms with E-state index >= 15 is 0 Å². The minimum Gasteiger partial charge on any atom is -0.515 e. The monoisotopic (exact) mass is 420 g/mol. The number of carbonyl (C=O) groups excluding carboxylic acids is 1. The summed E-state index contributed by atoms with van der Waals surface area (Å²) < 4.78 is 68.1. The van der Waals surface area contributed by atoms with Crippen molar-refractivity contribution in [3.05, 3.63) is 11.8 Å². The number of hydrogen-bond donors (Lipinski definition) is 1. The zero-order valence-corrected chi connectivity index (χ0v) is 16.9. The highest BCUT2D eigenvalue weighted by molar-refractivity contribution is 5.96. The number of Topliss-reactive ketones (excluding diaryl/α,β-unsaturated/α-hetero) is 1. The van der Waals surface area contributed by atoms with Gasteiger partial charge in [-0.05, 0) is 79.4 Å². The van der Waals surface area contributed by atoms with Crippen molar-refractivity contribution >= 4 is 5.78 Å². The fourth-order valence-electron chi connectivity index (χ4n) is 7.92. The van der Waals surface area contributed by atoms with Crippen LogP contribution in [0.2, 0.25) is 0 Å². The van der Waals surface area contributed by atoms with Crippen LogP contribution in [0.25, 0.3) is 0 Å². The molecular formula is C22H29F5O2. The van der Waals surface area contributed by atoms with Crippen LogP contribution in [0.3, 0.4) is 0 Å². The third-order valence-corrected chi connectivity index (χ3v) is 9.40. The molecule has 7 heteroatoms. The first-order chi connectivity index (χ1) is 13.4. The largest absolute Gasteiger partial charge is 0.515 e. The van der Waals surface area contributed by atoms with Crippen LogP contribution in [-0.4, -0.2) is 23.0 Å². The minimum atomic E-state index is -5.51. The normalized spacial score (nSPS) is 46.9. The lowest BCUT2D eigenvalue weighted by atomic mass is 9.44. The maximum absolute atomic E-state index is 14.4. The average molecular weight is 420 g/mol. The maximum atomic E-state index is 14.4. The SMILES string of the molecule is C[C@]12CC(=CO)C(=O)CC1CC[C@@H]1[C@H]2CC[C@]2(C)C(C(F)(F)C(F)(F)F)CC[C@@H]12. The number of alkyl halides is 5. The molecule has 164 valence electrons.